The maximum Gasteiger partial charge on any atom is 0.277 e. The minimum atomic E-state index is -0.0249. The standard InChI is InChI=1S/C22H31N3O4/c1-7-24-21(19-9-8-17(28-5)10-14(19)2)23-15(3)20(22(24)26)25-12-18(29-6)11-16(25)13-27-4/h8-10,16,18H,7,11-13H2,1-6H3/t16-,18+/m0/s1. The molecule has 0 radical (unpaired) electrons. The Balaban J connectivity index is 2.12. The molecule has 1 aliphatic heterocycles. The zero-order valence-electron chi connectivity index (χ0n) is 18.2. The van der Waals surface area contributed by atoms with E-state index in [0.29, 0.717) is 31.2 Å². The molecular weight excluding hydrogens is 370 g/mol. The average molecular weight is 402 g/mol. The molecule has 3 rings (SSSR count). The number of hydrogen-bond acceptors (Lipinski definition) is 6. The molecule has 2 aromatic rings. The Bertz CT molecular complexity index is 925. The normalized spacial score (nSPS) is 19.0. The molecule has 0 bridgehead atoms. The summed E-state index contributed by atoms with van der Waals surface area (Å²) in [7, 11) is 5.04. The van der Waals surface area contributed by atoms with Gasteiger partial charge >= 0.3 is 0 Å². The lowest BCUT2D eigenvalue weighted by molar-refractivity contribution is 0.111. The monoisotopic (exact) mass is 401 g/mol. The number of nitrogens with zero attached hydrogens (tertiary/aromatic N) is 3. The van der Waals surface area contributed by atoms with Crippen molar-refractivity contribution in [1.29, 1.82) is 0 Å². The van der Waals surface area contributed by atoms with Crippen LogP contribution in [0, 0.1) is 13.8 Å². The maximum atomic E-state index is 13.6. The van der Waals surface area contributed by atoms with Crippen molar-refractivity contribution in [3.63, 3.8) is 0 Å². The summed E-state index contributed by atoms with van der Waals surface area (Å²) < 4.78 is 18.0. The molecule has 0 amide bonds. The molecule has 1 aromatic carbocycles. The highest BCUT2D eigenvalue weighted by molar-refractivity contribution is 5.64. The van der Waals surface area contributed by atoms with E-state index in [1.54, 1.807) is 25.9 Å². The summed E-state index contributed by atoms with van der Waals surface area (Å²) in [5.41, 5.74) is 3.29. The van der Waals surface area contributed by atoms with Gasteiger partial charge in [0.15, 0.2) is 0 Å². The first-order chi connectivity index (χ1) is 13.9. The Hall–Kier alpha value is -2.38. The first-order valence-electron chi connectivity index (χ1n) is 9.99. The van der Waals surface area contributed by atoms with E-state index in [-0.39, 0.29) is 17.7 Å². The molecule has 1 aromatic heterocycles. The topological polar surface area (TPSA) is 65.8 Å². The Morgan fingerprint density at radius 3 is 2.55 bits per heavy atom. The van der Waals surface area contributed by atoms with Gasteiger partial charge in [-0.25, -0.2) is 4.98 Å². The third-order valence-corrected chi connectivity index (χ3v) is 5.67. The maximum absolute atomic E-state index is 13.6. The van der Waals surface area contributed by atoms with Gasteiger partial charge in [-0.15, -0.1) is 0 Å². The summed E-state index contributed by atoms with van der Waals surface area (Å²) in [4.78, 5) is 20.5. The smallest absolute Gasteiger partial charge is 0.277 e. The lowest BCUT2D eigenvalue weighted by Crippen LogP contribution is -2.40. The van der Waals surface area contributed by atoms with Gasteiger partial charge in [0.1, 0.15) is 17.3 Å². The van der Waals surface area contributed by atoms with Crippen LogP contribution in [0.1, 0.15) is 24.6 Å². The molecule has 0 unspecified atom stereocenters. The second-order valence-corrected chi connectivity index (χ2v) is 7.45. The number of benzene rings is 1. The fourth-order valence-corrected chi connectivity index (χ4v) is 4.16. The van der Waals surface area contributed by atoms with Crippen molar-refractivity contribution < 1.29 is 14.2 Å². The van der Waals surface area contributed by atoms with Crippen molar-refractivity contribution in [2.75, 3.05) is 39.4 Å². The second kappa shape index (κ2) is 8.97. The summed E-state index contributed by atoms with van der Waals surface area (Å²) in [5, 5.41) is 0. The van der Waals surface area contributed by atoms with Gasteiger partial charge in [0.25, 0.3) is 5.56 Å². The van der Waals surface area contributed by atoms with Crippen LogP contribution in [0.25, 0.3) is 11.4 Å². The molecule has 7 heteroatoms. The van der Waals surface area contributed by atoms with Crippen molar-refractivity contribution in [1.82, 2.24) is 9.55 Å². The first kappa shape index (κ1) is 21.3. The number of aryl methyl sites for hydroxylation is 2. The zero-order valence-corrected chi connectivity index (χ0v) is 18.2. The third kappa shape index (κ3) is 4.02. The van der Waals surface area contributed by atoms with Gasteiger partial charge in [0.05, 0.1) is 31.6 Å². The van der Waals surface area contributed by atoms with Crippen LogP contribution >= 0.6 is 0 Å². The van der Waals surface area contributed by atoms with E-state index in [1.165, 1.54) is 0 Å². The number of aromatic nitrogens is 2. The summed E-state index contributed by atoms with van der Waals surface area (Å²) >= 11 is 0. The van der Waals surface area contributed by atoms with Crippen molar-refractivity contribution in [3.8, 4) is 17.1 Å². The van der Waals surface area contributed by atoms with Gasteiger partial charge < -0.3 is 19.1 Å². The number of hydrogen-bond donors (Lipinski definition) is 0. The Labute approximate surface area is 172 Å². The molecule has 0 N–H and O–H groups in total. The Kier molecular flexibility index (Phi) is 6.59. The van der Waals surface area contributed by atoms with Crippen LogP contribution < -0.4 is 15.2 Å². The molecule has 2 atom stereocenters. The molecule has 1 fully saturated rings. The van der Waals surface area contributed by atoms with Crippen LogP contribution in [0.15, 0.2) is 23.0 Å². The van der Waals surface area contributed by atoms with Gasteiger partial charge in [0, 0.05) is 32.9 Å². The van der Waals surface area contributed by atoms with E-state index < -0.39 is 0 Å². The molecule has 1 aliphatic rings. The summed E-state index contributed by atoms with van der Waals surface area (Å²) in [6.45, 7) is 7.63. The van der Waals surface area contributed by atoms with Crippen molar-refractivity contribution >= 4 is 5.69 Å². The van der Waals surface area contributed by atoms with E-state index in [1.807, 2.05) is 39.0 Å². The fourth-order valence-electron chi connectivity index (χ4n) is 4.16. The highest BCUT2D eigenvalue weighted by atomic mass is 16.5. The quantitative estimate of drug-likeness (QED) is 0.711. The lowest BCUT2D eigenvalue weighted by Gasteiger charge is -2.27. The summed E-state index contributed by atoms with van der Waals surface area (Å²) in [6.07, 6.45) is 0.904. The van der Waals surface area contributed by atoms with Crippen LogP contribution in [-0.4, -0.2) is 56.2 Å². The zero-order chi connectivity index (χ0) is 21.1. The van der Waals surface area contributed by atoms with Gasteiger partial charge in [-0.1, -0.05) is 0 Å². The molecule has 1 saturated heterocycles. The molecule has 0 aliphatic carbocycles. The van der Waals surface area contributed by atoms with E-state index >= 15 is 0 Å². The van der Waals surface area contributed by atoms with Crippen LogP contribution in [0.2, 0.25) is 0 Å². The summed E-state index contributed by atoms with van der Waals surface area (Å²) in [5.74, 6) is 1.47. The highest BCUT2D eigenvalue weighted by Crippen LogP contribution is 2.30. The van der Waals surface area contributed by atoms with Crippen LogP contribution in [0.4, 0.5) is 5.69 Å². The fraction of sp³-hybridized carbons (Fsp3) is 0.545. The molecule has 2 heterocycles. The molecule has 7 nitrogen and oxygen atoms in total. The Morgan fingerprint density at radius 1 is 1.21 bits per heavy atom. The van der Waals surface area contributed by atoms with Crippen molar-refractivity contribution in [2.45, 2.75) is 45.9 Å². The molecule has 0 saturated carbocycles. The number of ether oxygens (including phenoxy) is 3. The molecule has 158 valence electrons. The van der Waals surface area contributed by atoms with E-state index in [9.17, 15) is 4.79 Å². The van der Waals surface area contributed by atoms with Gasteiger partial charge in [0.2, 0.25) is 0 Å². The van der Waals surface area contributed by atoms with Crippen molar-refractivity contribution in [3.05, 3.63) is 39.8 Å². The Morgan fingerprint density at radius 2 is 1.97 bits per heavy atom. The van der Waals surface area contributed by atoms with Gasteiger partial charge in [-0.05, 0) is 51.0 Å². The van der Waals surface area contributed by atoms with E-state index in [4.69, 9.17) is 19.2 Å². The predicted octanol–water partition coefficient (Wildman–Crippen LogP) is 2.80. The number of rotatable bonds is 7. The number of methoxy groups -OCH3 is 3. The van der Waals surface area contributed by atoms with Crippen LogP contribution in [0.3, 0.4) is 0 Å². The largest absolute Gasteiger partial charge is 0.497 e. The molecule has 29 heavy (non-hydrogen) atoms. The third-order valence-electron chi connectivity index (χ3n) is 5.67. The second-order valence-electron chi connectivity index (χ2n) is 7.45. The van der Waals surface area contributed by atoms with E-state index in [2.05, 4.69) is 4.90 Å². The first-order valence-corrected chi connectivity index (χ1v) is 9.99. The SMILES string of the molecule is CCn1c(-c2ccc(OC)cc2C)nc(C)c(N2C[C@H](OC)C[C@H]2COC)c1=O. The van der Waals surface area contributed by atoms with E-state index in [0.717, 1.165) is 29.0 Å². The van der Waals surface area contributed by atoms with Crippen LogP contribution in [-0.2, 0) is 16.0 Å². The summed E-state index contributed by atoms with van der Waals surface area (Å²) in [6, 6.07) is 5.92. The lowest BCUT2D eigenvalue weighted by atomic mass is 10.1. The highest BCUT2D eigenvalue weighted by Gasteiger charge is 2.35. The van der Waals surface area contributed by atoms with Crippen molar-refractivity contribution in [2.24, 2.45) is 0 Å². The minimum absolute atomic E-state index is 0.0249. The van der Waals surface area contributed by atoms with Crippen LogP contribution in [0.5, 0.6) is 5.75 Å². The minimum Gasteiger partial charge on any atom is -0.497 e. The van der Waals surface area contributed by atoms with Gasteiger partial charge in [-0.2, -0.15) is 0 Å². The van der Waals surface area contributed by atoms with Gasteiger partial charge in [-0.3, -0.25) is 9.36 Å². The predicted molar refractivity (Wildman–Crippen MR) is 114 cm³/mol. The average Bonchev–Trinajstić information content (AvgIpc) is 3.10. The molecule has 0 spiro atoms. The molecular formula is C22H31N3O4. The number of anilines is 1.